The summed E-state index contributed by atoms with van der Waals surface area (Å²) in [5.74, 6) is 1.48. The zero-order chi connectivity index (χ0) is 21.9. The molecule has 0 bridgehead atoms. The van der Waals surface area contributed by atoms with Crippen molar-refractivity contribution in [3.05, 3.63) is 59.2 Å². The van der Waals surface area contributed by atoms with E-state index in [2.05, 4.69) is 0 Å². The van der Waals surface area contributed by atoms with Crippen LogP contribution in [0.2, 0.25) is 0 Å². The van der Waals surface area contributed by atoms with Gasteiger partial charge in [-0.2, -0.15) is 13.2 Å². The molecule has 1 amide bonds. The van der Waals surface area contributed by atoms with Crippen LogP contribution in [0.5, 0.6) is 17.2 Å². The van der Waals surface area contributed by atoms with Gasteiger partial charge in [0.1, 0.15) is 17.2 Å². The van der Waals surface area contributed by atoms with Crippen LogP contribution in [0, 0.1) is 0 Å². The molecule has 1 aliphatic heterocycles. The first-order valence-electron chi connectivity index (χ1n) is 9.24. The zero-order valence-corrected chi connectivity index (χ0v) is 16.9. The Labute approximate surface area is 172 Å². The predicted molar refractivity (Wildman–Crippen MR) is 106 cm³/mol. The van der Waals surface area contributed by atoms with E-state index < -0.39 is 11.7 Å². The van der Waals surface area contributed by atoms with Gasteiger partial charge in [-0.15, -0.1) is 0 Å². The summed E-state index contributed by atoms with van der Waals surface area (Å²) in [7, 11) is 4.67. The third-order valence-electron chi connectivity index (χ3n) is 4.99. The maximum Gasteiger partial charge on any atom is 0.416 e. The van der Waals surface area contributed by atoms with E-state index in [-0.39, 0.29) is 11.5 Å². The standard InChI is InChI=1S/C22H22F3NO4/c1-28-17-12-18(29-2)20(19(13-17)30-3)14-8-10-26(11-9-14)21(27)15-4-6-16(7-5-15)22(23,24)25/h4-8,12-13H,9-11H2,1-3H3. The van der Waals surface area contributed by atoms with Gasteiger partial charge in [0.25, 0.3) is 5.91 Å². The molecule has 1 heterocycles. The maximum absolute atomic E-state index is 12.7. The van der Waals surface area contributed by atoms with Crippen molar-refractivity contribution in [3.63, 3.8) is 0 Å². The molecule has 2 aromatic rings. The van der Waals surface area contributed by atoms with E-state index in [1.54, 1.807) is 38.4 Å². The smallest absolute Gasteiger partial charge is 0.416 e. The summed E-state index contributed by atoms with van der Waals surface area (Å²) in [6, 6.07) is 7.79. The highest BCUT2D eigenvalue weighted by Gasteiger charge is 2.30. The van der Waals surface area contributed by atoms with Crippen LogP contribution < -0.4 is 14.2 Å². The van der Waals surface area contributed by atoms with Gasteiger partial charge in [-0.25, -0.2) is 0 Å². The Balaban J connectivity index is 1.81. The number of alkyl halides is 3. The third-order valence-corrected chi connectivity index (χ3v) is 4.99. The highest BCUT2D eigenvalue weighted by atomic mass is 19.4. The SMILES string of the molecule is COc1cc(OC)c(C2=CCN(C(=O)c3ccc(C(F)(F)F)cc3)CC2)c(OC)c1. The molecule has 160 valence electrons. The van der Waals surface area contributed by atoms with Gasteiger partial charge < -0.3 is 19.1 Å². The molecule has 0 saturated carbocycles. The summed E-state index contributed by atoms with van der Waals surface area (Å²) in [5, 5.41) is 0. The second kappa shape index (κ2) is 8.69. The van der Waals surface area contributed by atoms with Crippen molar-refractivity contribution in [3.8, 4) is 17.2 Å². The molecule has 1 aliphatic rings. The minimum Gasteiger partial charge on any atom is -0.496 e. The van der Waals surface area contributed by atoms with Crippen LogP contribution in [0.4, 0.5) is 13.2 Å². The lowest BCUT2D eigenvalue weighted by Gasteiger charge is -2.28. The zero-order valence-electron chi connectivity index (χ0n) is 16.9. The number of hydrogen-bond donors (Lipinski definition) is 0. The molecule has 0 N–H and O–H groups in total. The number of halogens is 3. The molecule has 0 spiro atoms. The molecular weight excluding hydrogens is 399 g/mol. The Morgan fingerprint density at radius 3 is 2.00 bits per heavy atom. The summed E-state index contributed by atoms with van der Waals surface area (Å²) in [4.78, 5) is 14.3. The predicted octanol–water partition coefficient (Wildman–Crippen LogP) is 4.66. The number of amides is 1. The van der Waals surface area contributed by atoms with Gasteiger partial charge in [0.15, 0.2) is 0 Å². The number of rotatable bonds is 5. The van der Waals surface area contributed by atoms with Gasteiger partial charge in [-0.1, -0.05) is 6.08 Å². The number of nitrogens with zero attached hydrogens (tertiary/aromatic N) is 1. The van der Waals surface area contributed by atoms with E-state index in [0.717, 1.165) is 23.3 Å². The summed E-state index contributed by atoms with van der Waals surface area (Å²) in [5.41, 5.74) is 1.20. The molecule has 0 aromatic heterocycles. The highest BCUT2D eigenvalue weighted by molar-refractivity contribution is 5.95. The quantitative estimate of drug-likeness (QED) is 0.705. The molecule has 30 heavy (non-hydrogen) atoms. The van der Waals surface area contributed by atoms with Crippen LogP contribution in [0.15, 0.2) is 42.5 Å². The average molecular weight is 421 g/mol. The average Bonchev–Trinajstić information content (AvgIpc) is 2.77. The third kappa shape index (κ3) is 4.37. The van der Waals surface area contributed by atoms with E-state index in [0.29, 0.717) is 36.8 Å². The topological polar surface area (TPSA) is 48.0 Å². The van der Waals surface area contributed by atoms with Crippen molar-refractivity contribution in [1.82, 2.24) is 4.90 Å². The minimum atomic E-state index is -4.43. The van der Waals surface area contributed by atoms with Crippen molar-refractivity contribution in [2.24, 2.45) is 0 Å². The van der Waals surface area contributed by atoms with Crippen molar-refractivity contribution in [1.29, 1.82) is 0 Å². The summed E-state index contributed by atoms with van der Waals surface area (Å²) >= 11 is 0. The molecule has 5 nitrogen and oxygen atoms in total. The fraction of sp³-hybridized carbons (Fsp3) is 0.318. The molecule has 0 radical (unpaired) electrons. The van der Waals surface area contributed by atoms with Crippen LogP contribution in [0.1, 0.15) is 27.9 Å². The lowest BCUT2D eigenvalue weighted by molar-refractivity contribution is -0.137. The number of benzene rings is 2. The van der Waals surface area contributed by atoms with Crippen LogP contribution in [0.25, 0.3) is 5.57 Å². The number of hydrogen-bond acceptors (Lipinski definition) is 4. The first-order chi connectivity index (χ1) is 14.3. The molecule has 3 rings (SSSR count). The Morgan fingerprint density at radius 1 is 0.967 bits per heavy atom. The fourth-order valence-corrected chi connectivity index (χ4v) is 3.39. The molecule has 0 saturated heterocycles. The van der Waals surface area contributed by atoms with Crippen molar-refractivity contribution >= 4 is 11.5 Å². The maximum atomic E-state index is 12.7. The molecule has 0 atom stereocenters. The van der Waals surface area contributed by atoms with Gasteiger partial charge in [-0.05, 0) is 36.3 Å². The van der Waals surface area contributed by atoms with E-state index in [9.17, 15) is 18.0 Å². The fourth-order valence-electron chi connectivity index (χ4n) is 3.39. The summed E-state index contributed by atoms with van der Waals surface area (Å²) in [6.07, 6.45) is -1.98. The van der Waals surface area contributed by atoms with Gasteiger partial charge in [-0.3, -0.25) is 4.79 Å². The number of methoxy groups -OCH3 is 3. The Morgan fingerprint density at radius 2 is 1.57 bits per heavy atom. The molecule has 0 aliphatic carbocycles. The second-order valence-electron chi connectivity index (χ2n) is 6.71. The summed E-state index contributed by atoms with van der Waals surface area (Å²) in [6.45, 7) is 0.748. The lowest BCUT2D eigenvalue weighted by atomic mass is 9.96. The van der Waals surface area contributed by atoms with Gasteiger partial charge >= 0.3 is 6.18 Å². The van der Waals surface area contributed by atoms with Crippen molar-refractivity contribution in [2.75, 3.05) is 34.4 Å². The Kier molecular flexibility index (Phi) is 6.24. The normalized spacial score (nSPS) is 14.2. The first-order valence-corrected chi connectivity index (χ1v) is 9.24. The highest BCUT2D eigenvalue weighted by Crippen LogP contribution is 2.41. The molecule has 8 heteroatoms. The summed E-state index contributed by atoms with van der Waals surface area (Å²) < 4.78 is 54.4. The molecular formula is C22H22F3NO4. The second-order valence-corrected chi connectivity index (χ2v) is 6.71. The van der Waals surface area contributed by atoms with Crippen molar-refractivity contribution < 1.29 is 32.2 Å². The van der Waals surface area contributed by atoms with Crippen LogP contribution in [-0.2, 0) is 6.18 Å². The van der Waals surface area contributed by atoms with Gasteiger partial charge in [0.05, 0.1) is 32.5 Å². The molecule has 0 unspecified atom stereocenters. The van der Waals surface area contributed by atoms with Crippen LogP contribution in [0.3, 0.4) is 0 Å². The van der Waals surface area contributed by atoms with Gasteiger partial charge in [0, 0.05) is 30.8 Å². The number of carbonyl (C=O) groups excluding carboxylic acids is 1. The minimum absolute atomic E-state index is 0.222. The van der Waals surface area contributed by atoms with E-state index in [4.69, 9.17) is 14.2 Å². The first kappa shape index (κ1) is 21.5. The van der Waals surface area contributed by atoms with Crippen LogP contribution in [-0.4, -0.2) is 45.2 Å². The number of carbonyl (C=O) groups is 1. The largest absolute Gasteiger partial charge is 0.496 e. The Hall–Kier alpha value is -3.16. The molecule has 2 aromatic carbocycles. The lowest BCUT2D eigenvalue weighted by Crippen LogP contribution is -2.34. The van der Waals surface area contributed by atoms with E-state index in [1.807, 2.05) is 6.08 Å². The molecule has 0 fully saturated rings. The van der Waals surface area contributed by atoms with Crippen molar-refractivity contribution in [2.45, 2.75) is 12.6 Å². The van der Waals surface area contributed by atoms with E-state index in [1.165, 1.54) is 12.1 Å². The van der Waals surface area contributed by atoms with Crippen LogP contribution >= 0.6 is 0 Å². The monoisotopic (exact) mass is 421 g/mol. The van der Waals surface area contributed by atoms with Gasteiger partial charge in [0.2, 0.25) is 0 Å². The number of ether oxygens (including phenoxy) is 3. The van der Waals surface area contributed by atoms with E-state index >= 15 is 0 Å². The Bertz CT molecular complexity index is 927.